The van der Waals surface area contributed by atoms with Crippen LogP contribution < -0.4 is 0 Å². The average Bonchev–Trinajstić information content (AvgIpc) is 3.51. The summed E-state index contributed by atoms with van der Waals surface area (Å²) in [4.78, 5) is 37.1. The Morgan fingerprint density at radius 2 is 1.81 bits per heavy atom. The van der Waals surface area contributed by atoms with Gasteiger partial charge in [0, 0.05) is 51.7 Å². The number of furan rings is 1. The number of aromatic nitrogens is 1. The number of urea groups is 1. The summed E-state index contributed by atoms with van der Waals surface area (Å²) in [7, 11) is 1.65. The second kappa shape index (κ2) is 10.6. The highest BCUT2D eigenvalue weighted by atomic mass is 16.5. The fourth-order valence-corrected chi connectivity index (χ4v) is 5.39. The smallest absolute Gasteiger partial charge is 0.328 e. The third kappa shape index (κ3) is 4.66. The Kier molecular flexibility index (Phi) is 7.16. The molecule has 2 aromatic heterocycles. The Morgan fingerprint density at radius 1 is 1.00 bits per heavy atom. The van der Waals surface area contributed by atoms with Crippen molar-refractivity contribution in [1.29, 1.82) is 0 Å². The van der Waals surface area contributed by atoms with Crippen molar-refractivity contribution in [3.63, 3.8) is 0 Å². The molecule has 1 spiro atoms. The lowest BCUT2D eigenvalue weighted by Gasteiger charge is -2.42. The van der Waals surface area contributed by atoms with E-state index in [4.69, 9.17) is 9.15 Å². The molecule has 188 valence electrons. The van der Waals surface area contributed by atoms with E-state index < -0.39 is 5.54 Å². The van der Waals surface area contributed by atoms with E-state index in [2.05, 4.69) is 22.0 Å². The molecule has 2 aliphatic heterocycles. The van der Waals surface area contributed by atoms with Crippen LogP contribution in [0.15, 0.2) is 71.5 Å². The SMILES string of the molecule is COCCCN1C(=O)N(Cc2ccccn2)C(=O)C12CCN(Cc1ccccc1-c1ccco1)CC2. The van der Waals surface area contributed by atoms with Crippen LogP contribution in [-0.4, -0.2) is 70.5 Å². The zero-order chi connectivity index (χ0) is 25.0. The van der Waals surface area contributed by atoms with Crippen LogP contribution in [0.1, 0.15) is 30.5 Å². The highest BCUT2D eigenvalue weighted by Gasteiger charge is 2.57. The molecule has 2 fully saturated rings. The molecule has 8 heteroatoms. The number of hydrogen-bond donors (Lipinski definition) is 0. The van der Waals surface area contributed by atoms with Crippen molar-refractivity contribution in [2.75, 3.05) is 33.4 Å². The first-order valence-electron chi connectivity index (χ1n) is 12.5. The maximum atomic E-state index is 13.8. The molecule has 0 radical (unpaired) electrons. The number of benzene rings is 1. The van der Waals surface area contributed by atoms with E-state index in [1.165, 1.54) is 10.5 Å². The summed E-state index contributed by atoms with van der Waals surface area (Å²) < 4.78 is 10.9. The van der Waals surface area contributed by atoms with E-state index in [0.717, 1.165) is 31.0 Å². The van der Waals surface area contributed by atoms with Gasteiger partial charge >= 0.3 is 6.03 Å². The summed E-state index contributed by atoms with van der Waals surface area (Å²) in [5, 5.41) is 0. The van der Waals surface area contributed by atoms with Gasteiger partial charge in [0.05, 0.1) is 18.5 Å². The molecule has 1 aromatic carbocycles. The molecular weight excluding hydrogens is 456 g/mol. The molecule has 0 bridgehead atoms. The number of nitrogens with zero attached hydrogens (tertiary/aromatic N) is 4. The summed E-state index contributed by atoms with van der Waals surface area (Å²) in [6, 6.07) is 17.5. The first-order chi connectivity index (χ1) is 17.6. The monoisotopic (exact) mass is 488 g/mol. The number of piperidine rings is 1. The number of likely N-dealkylation sites (tertiary alicyclic amines) is 1. The van der Waals surface area contributed by atoms with Crippen molar-refractivity contribution in [2.45, 2.75) is 37.9 Å². The Labute approximate surface area is 211 Å². The van der Waals surface area contributed by atoms with E-state index in [-0.39, 0.29) is 18.5 Å². The van der Waals surface area contributed by atoms with Gasteiger partial charge in [0.1, 0.15) is 11.3 Å². The zero-order valence-corrected chi connectivity index (χ0v) is 20.6. The van der Waals surface area contributed by atoms with Crippen LogP contribution in [0, 0.1) is 0 Å². The first kappa shape index (κ1) is 24.2. The molecule has 2 saturated heterocycles. The lowest BCUT2D eigenvalue weighted by Crippen LogP contribution is -2.56. The van der Waals surface area contributed by atoms with Crippen LogP contribution in [-0.2, 0) is 22.6 Å². The molecule has 0 N–H and O–H groups in total. The number of rotatable bonds is 9. The van der Waals surface area contributed by atoms with E-state index in [9.17, 15) is 9.59 Å². The topological polar surface area (TPSA) is 79.1 Å². The molecule has 3 amide bonds. The van der Waals surface area contributed by atoms with Gasteiger partial charge in [-0.2, -0.15) is 0 Å². The van der Waals surface area contributed by atoms with Crippen LogP contribution in [0.25, 0.3) is 11.3 Å². The first-order valence-corrected chi connectivity index (χ1v) is 12.5. The van der Waals surface area contributed by atoms with Crippen LogP contribution in [0.3, 0.4) is 0 Å². The molecule has 5 rings (SSSR count). The van der Waals surface area contributed by atoms with Gasteiger partial charge < -0.3 is 14.1 Å². The number of carbonyl (C=O) groups excluding carboxylic acids is 2. The number of amides is 3. The van der Waals surface area contributed by atoms with Gasteiger partial charge in [-0.15, -0.1) is 0 Å². The van der Waals surface area contributed by atoms with Gasteiger partial charge in [-0.25, -0.2) is 4.79 Å². The quantitative estimate of drug-likeness (QED) is 0.332. The lowest BCUT2D eigenvalue weighted by molar-refractivity contribution is -0.136. The molecule has 3 aromatic rings. The Balaban J connectivity index is 1.33. The fraction of sp³-hybridized carbons (Fsp3) is 0.393. The van der Waals surface area contributed by atoms with Crippen molar-refractivity contribution in [3.05, 3.63) is 78.3 Å². The molecule has 2 aliphatic rings. The predicted molar refractivity (Wildman–Crippen MR) is 135 cm³/mol. The van der Waals surface area contributed by atoms with E-state index in [1.807, 2.05) is 42.5 Å². The number of imide groups is 1. The Bertz CT molecular complexity index is 1170. The van der Waals surface area contributed by atoms with Crippen LogP contribution in [0.5, 0.6) is 0 Å². The molecule has 8 nitrogen and oxygen atoms in total. The van der Waals surface area contributed by atoms with Crippen molar-refractivity contribution >= 4 is 11.9 Å². The maximum absolute atomic E-state index is 13.8. The van der Waals surface area contributed by atoms with Crippen molar-refractivity contribution in [2.24, 2.45) is 0 Å². The second-order valence-electron chi connectivity index (χ2n) is 9.44. The third-order valence-electron chi connectivity index (χ3n) is 7.28. The van der Waals surface area contributed by atoms with Gasteiger partial charge in [-0.1, -0.05) is 30.3 Å². The van der Waals surface area contributed by atoms with Gasteiger partial charge in [0.15, 0.2) is 0 Å². The van der Waals surface area contributed by atoms with Gasteiger partial charge in [-0.05, 0) is 49.1 Å². The largest absolute Gasteiger partial charge is 0.464 e. The standard InChI is InChI=1S/C28H32N4O4/c1-35-18-7-15-32-27(34)31(21-23-9-4-5-14-29-23)26(33)28(32)12-16-30(17-13-28)20-22-8-2-3-10-24(22)25-11-6-19-36-25/h2-6,8-11,14,19H,7,12-13,15-18,20-21H2,1H3. The normalized spacial score (nSPS) is 17.9. The number of pyridine rings is 1. The van der Waals surface area contributed by atoms with Crippen molar-refractivity contribution < 1.29 is 18.7 Å². The molecule has 0 aliphatic carbocycles. The minimum Gasteiger partial charge on any atom is -0.464 e. The zero-order valence-electron chi connectivity index (χ0n) is 20.6. The minimum atomic E-state index is -0.809. The van der Waals surface area contributed by atoms with Crippen molar-refractivity contribution in [1.82, 2.24) is 19.7 Å². The summed E-state index contributed by atoms with van der Waals surface area (Å²) in [5.74, 6) is 0.747. The van der Waals surface area contributed by atoms with Crippen LogP contribution in [0.4, 0.5) is 4.79 Å². The summed E-state index contributed by atoms with van der Waals surface area (Å²) in [5.41, 5.74) is 2.17. The van der Waals surface area contributed by atoms with Crippen LogP contribution >= 0.6 is 0 Å². The number of hydrogen-bond acceptors (Lipinski definition) is 6. The fourth-order valence-electron chi connectivity index (χ4n) is 5.39. The Hall–Kier alpha value is -3.49. The second-order valence-corrected chi connectivity index (χ2v) is 9.44. The predicted octanol–water partition coefficient (Wildman–Crippen LogP) is 4.18. The van der Waals surface area contributed by atoms with Crippen molar-refractivity contribution in [3.8, 4) is 11.3 Å². The Morgan fingerprint density at radius 3 is 2.53 bits per heavy atom. The molecule has 4 heterocycles. The molecule has 0 atom stereocenters. The summed E-state index contributed by atoms with van der Waals surface area (Å²) in [6.07, 6.45) is 5.27. The van der Waals surface area contributed by atoms with Gasteiger partial charge in [0.25, 0.3) is 5.91 Å². The lowest BCUT2D eigenvalue weighted by atomic mass is 9.85. The maximum Gasteiger partial charge on any atom is 0.328 e. The number of carbonyl (C=O) groups is 2. The van der Waals surface area contributed by atoms with E-state index in [1.54, 1.807) is 24.5 Å². The van der Waals surface area contributed by atoms with E-state index >= 15 is 0 Å². The van der Waals surface area contributed by atoms with Gasteiger partial charge in [0.2, 0.25) is 0 Å². The number of methoxy groups -OCH3 is 1. The molecule has 0 unspecified atom stereocenters. The number of ether oxygens (including phenoxy) is 1. The third-order valence-corrected chi connectivity index (χ3v) is 7.28. The summed E-state index contributed by atoms with van der Waals surface area (Å²) >= 11 is 0. The van der Waals surface area contributed by atoms with Gasteiger partial charge in [-0.3, -0.25) is 19.6 Å². The van der Waals surface area contributed by atoms with Crippen LogP contribution in [0.2, 0.25) is 0 Å². The minimum absolute atomic E-state index is 0.105. The summed E-state index contributed by atoms with van der Waals surface area (Å²) in [6.45, 7) is 3.45. The molecular formula is C28H32N4O4. The average molecular weight is 489 g/mol. The molecule has 36 heavy (non-hydrogen) atoms. The highest BCUT2D eigenvalue weighted by molar-refractivity contribution is 6.07. The molecule has 0 saturated carbocycles. The highest BCUT2D eigenvalue weighted by Crippen LogP contribution is 2.39. The van der Waals surface area contributed by atoms with E-state index in [0.29, 0.717) is 38.1 Å².